The quantitative estimate of drug-likeness (QED) is 0.879. The molecule has 0 spiro atoms. The number of halogens is 1. The van der Waals surface area contributed by atoms with Gasteiger partial charge in [-0.25, -0.2) is 0 Å². The summed E-state index contributed by atoms with van der Waals surface area (Å²) in [6.45, 7) is 0.655. The van der Waals surface area contributed by atoms with Crippen molar-refractivity contribution in [3.05, 3.63) is 55.7 Å². The zero-order valence-corrected chi connectivity index (χ0v) is 12.6. The van der Waals surface area contributed by atoms with E-state index in [0.29, 0.717) is 12.5 Å². The standard InChI is InChI=1S/C15H16BrNS/c16-15-13(9-17)12-7-6-11(8-14(12)18-15)10-4-2-1-3-5-10/h1-5,11H,6-9,17H2. The molecule has 18 heavy (non-hydrogen) atoms. The number of hydrogen-bond acceptors (Lipinski definition) is 2. The minimum absolute atomic E-state index is 0.655. The molecule has 1 heterocycles. The monoisotopic (exact) mass is 321 g/mol. The maximum absolute atomic E-state index is 5.84. The van der Waals surface area contributed by atoms with Crippen molar-refractivity contribution in [2.75, 3.05) is 0 Å². The highest BCUT2D eigenvalue weighted by molar-refractivity contribution is 9.11. The maximum Gasteiger partial charge on any atom is 0.0749 e. The van der Waals surface area contributed by atoms with E-state index in [4.69, 9.17) is 5.73 Å². The summed E-state index contributed by atoms with van der Waals surface area (Å²) in [7, 11) is 0. The van der Waals surface area contributed by atoms with E-state index in [9.17, 15) is 0 Å². The third kappa shape index (κ3) is 2.15. The maximum atomic E-state index is 5.84. The Morgan fingerprint density at radius 1 is 1.28 bits per heavy atom. The fraction of sp³-hybridized carbons (Fsp3) is 0.333. The predicted molar refractivity (Wildman–Crippen MR) is 81.1 cm³/mol. The second-order valence-corrected chi connectivity index (χ2v) is 7.23. The van der Waals surface area contributed by atoms with Gasteiger partial charge in [-0.1, -0.05) is 30.3 Å². The third-order valence-electron chi connectivity index (χ3n) is 3.80. The van der Waals surface area contributed by atoms with Gasteiger partial charge in [0, 0.05) is 11.4 Å². The first kappa shape index (κ1) is 12.4. The fourth-order valence-corrected chi connectivity index (χ4v) is 5.00. The lowest BCUT2D eigenvalue weighted by molar-refractivity contribution is 0.590. The number of hydrogen-bond donors (Lipinski definition) is 1. The summed E-state index contributed by atoms with van der Waals surface area (Å²) in [4.78, 5) is 1.53. The van der Waals surface area contributed by atoms with Gasteiger partial charge >= 0.3 is 0 Å². The Balaban J connectivity index is 1.90. The van der Waals surface area contributed by atoms with Crippen LogP contribution in [-0.4, -0.2) is 0 Å². The van der Waals surface area contributed by atoms with Gasteiger partial charge in [-0.2, -0.15) is 0 Å². The van der Waals surface area contributed by atoms with Crippen LogP contribution in [0.5, 0.6) is 0 Å². The normalized spacial score (nSPS) is 18.7. The number of rotatable bonds is 2. The molecular weight excluding hydrogens is 306 g/mol. The van der Waals surface area contributed by atoms with Crippen molar-refractivity contribution < 1.29 is 0 Å². The molecule has 3 heteroatoms. The van der Waals surface area contributed by atoms with Gasteiger partial charge in [-0.15, -0.1) is 11.3 Å². The van der Waals surface area contributed by atoms with E-state index in [1.54, 1.807) is 0 Å². The van der Waals surface area contributed by atoms with Crippen molar-refractivity contribution in [3.63, 3.8) is 0 Å². The molecule has 0 fully saturated rings. The van der Waals surface area contributed by atoms with Gasteiger partial charge in [0.05, 0.1) is 3.79 Å². The van der Waals surface area contributed by atoms with Crippen LogP contribution >= 0.6 is 27.3 Å². The highest BCUT2D eigenvalue weighted by Gasteiger charge is 2.25. The Hall–Kier alpha value is -0.640. The van der Waals surface area contributed by atoms with Crippen molar-refractivity contribution >= 4 is 27.3 Å². The molecule has 1 atom stereocenters. The molecule has 2 aromatic rings. The Kier molecular flexibility index (Phi) is 3.55. The molecule has 0 bridgehead atoms. The molecule has 2 N–H and O–H groups in total. The van der Waals surface area contributed by atoms with Crippen molar-refractivity contribution in [1.29, 1.82) is 0 Å². The first-order valence-corrected chi connectivity index (χ1v) is 7.94. The van der Waals surface area contributed by atoms with Gasteiger partial charge in [0.2, 0.25) is 0 Å². The van der Waals surface area contributed by atoms with Crippen LogP contribution in [0.4, 0.5) is 0 Å². The van der Waals surface area contributed by atoms with E-state index in [1.807, 2.05) is 11.3 Å². The highest BCUT2D eigenvalue weighted by Crippen LogP contribution is 2.41. The van der Waals surface area contributed by atoms with Crippen LogP contribution in [0.2, 0.25) is 0 Å². The van der Waals surface area contributed by atoms with E-state index in [1.165, 1.54) is 44.6 Å². The molecule has 0 saturated carbocycles. The van der Waals surface area contributed by atoms with Crippen molar-refractivity contribution in [1.82, 2.24) is 0 Å². The lowest BCUT2D eigenvalue weighted by Crippen LogP contribution is -2.12. The summed E-state index contributed by atoms with van der Waals surface area (Å²) in [5, 5.41) is 0. The van der Waals surface area contributed by atoms with Crippen LogP contribution in [0, 0.1) is 0 Å². The largest absolute Gasteiger partial charge is 0.326 e. The van der Waals surface area contributed by atoms with E-state index in [0.717, 1.165) is 0 Å². The molecule has 1 aromatic carbocycles. The SMILES string of the molecule is NCc1c(Br)sc2c1CCC(c1ccccc1)C2. The van der Waals surface area contributed by atoms with Crippen molar-refractivity contribution in [2.45, 2.75) is 31.7 Å². The van der Waals surface area contributed by atoms with E-state index < -0.39 is 0 Å². The van der Waals surface area contributed by atoms with E-state index in [-0.39, 0.29) is 0 Å². The summed E-state index contributed by atoms with van der Waals surface area (Å²) >= 11 is 5.53. The van der Waals surface area contributed by atoms with Crippen LogP contribution in [0.15, 0.2) is 34.1 Å². The second-order valence-electron chi connectivity index (χ2n) is 4.81. The average Bonchev–Trinajstić information content (AvgIpc) is 2.74. The highest BCUT2D eigenvalue weighted by atomic mass is 79.9. The van der Waals surface area contributed by atoms with Gasteiger partial charge < -0.3 is 5.73 Å². The van der Waals surface area contributed by atoms with Crippen LogP contribution < -0.4 is 5.73 Å². The van der Waals surface area contributed by atoms with Gasteiger partial charge in [-0.3, -0.25) is 0 Å². The first-order chi connectivity index (χ1) is 8.79. The van der Waals surface area contributed by atoms with Gasteiger partial charge in [0.1, 0.15) is 0 Å². The summed E-state index contributed by atoms with van der Waals surface area (Å²) < 4.78 is 1.24. The molecule has 3 rings (SSSR count). The van der Waals surface area contributed by atoms with Crippen LogP contribution in [0.1, 0.15) is 33.9 Å². The fourth-order valence-electron chi connectivity index (χ4n) is 2.83. The Bertz CT molecular complexity index is 547. The molecule has 1 aliphatic carbocycles. The van der Waals surface area contributed by atoms with E-state index in [2.05, 4.69) is 46.3 Å². The lowest BCUT2D eigenvalue weighted by Gasteiger charge is -2.23. The van der Waals surface area contributed by atoms with Crippen LogP contribution in [0.25, 0.3) is 0 Å². The lowest BCUT2D eigenvalue weighted by atomic mass is 9.83. The number of nitrogens with two attached hydrogens (primary N) is 1. The predicted octanol–water partition coefficient (Wildman–Crippen LogP) is 4.24. The summed E-state index contributed by atoms with van der Waals surface area (Å²) in [5.74, 6) is 0.676. The molecule has 1 aromatic heterocycles. The molecule has 0 amide bonds. The van der Waals surface area contributed by atoms with Gasteiger partial charge in [0.25, 0.3) is 0 Å². The molecule has 0 aliphatic heterocycles. The van der Waals surface area contributed by atoms with Gasteiger partial charge in [0.15, 0.2) is 0 Å². The number of fused-ring (bicyclic) bond motifs is 1. The van der Waals surface area contributed by atoms with Crippen molar-refractivity contribution in [3.8, 4) is 0 Å². The molecule has 1 nitrogen and oxygen atoms in total. The summed E-state index contributed by atoms with van der Waals surface area (Å²) in [6.07, 6.45) is 3.58. The molecule has 0 radical (unpaired) electrons. The molecule has 1 aliphatic rings. The Labute approximate surface area is 120 Å². The summed E-state index contributed by atoms with van der Waals surface area (Å²) in [5.41, 5.74) is 10.2. The smallest absolute Gasteiger partial charge is 0.0749 e. The van der Waals surface area contributed by atoms with Crippen LogP contribution in [-0.2, 0) is 19.4 Å². The zero-order chi connectivity index (χ0) is 12.5. The second kappa shape index (κ2) is 5.16. The first-order valence-electron chi connectivity index (χ1n) is 6.33. The number of benzene rings is 1. The molecule has 0 saturated heterocycles. The third-order valence-corrected chi connectivity index (χ3v) is 5.85. The summed E-state index contributed by atoms with van der Waals surface area (Å²) in [6, 6.07) is 10.9. The Morgan fingerprint density at radius 3 is 2.78 bits per heavy atom. The number of thiophene rings is 1. The molecule has 94 valence electrons. The average molecular weight is 322 g/mol. The van der Waals surface area contributed by atoms with Crippen LogP contribution in [0.3, 0.4) is 0 Å². The van der Waals surface area contributed by atoms with E-state index >= 15 is 0 Å². The molecular formula is C15H16BrNS. The van der Waals surface area contributed by atoms with Gasteiger partial charge in [-0.05, 0) is 57.8 Å². The van der Waals surface area contributed by atoms with Crippen molar-refractivity contribution in [2.24, 2.45) is 5.73 Å². The molecule has 1 unspecified atom stereocenters. The zero-order valence-electron chi connectivity index (χ0n) is 10.2. The minimum Gasteiger partial charge on any atom is -0.326 e. The minimum atomic E-state index is 0.655. The Morgan fingerprint density at radius 2 is 2.06 bits per heavy atom. The topological polar surface area (TPSA) is 26.0 Å².